The molecule has 2 aromatic rings. The Labute approximate surface area is 195 Å². The summed E-state index contributed by atoms with van der Waals surface area (Å²) in [6, 6.07) is 7.47. The van der Waals surface area contributed by atoms with Gasteiger partial charge in [-0.15, -0.1) is 0 Å². The lowest BCUT2D eigenvalue weighted by Crippen LogP contribution is -2.42. The van der Waals surface area contributed by atoms with E-state index < -0.39 is 0 Å². The summed E-state index contributed by atoms with van der Waals surface area (Å²) in [4.78, 5) is 31.9. The highest BCUT2D eigenvalue weighted by molar-refractivity contribution is 6.30. The van der Waals surface area contributed by atoms with E-state index in [1.54, 1.807) is 6.20 Å². The van der Waals surface area contributed by atoms with E-state index in [2.05, 4.69) is 23.8 Å². The summed E-state index contributed by atoms with van der Waals surface area (Å²) < 4.78 is 1.83. The van der Waals surface area contributed by atoms with Crippen LogP contribution in [0, 0.1) is 0 Å². The first-order valence-electron chi connectivity index (χ1n) is 11.5. The van der Waals surface area contributed by atoms with E-state index in [0.29, 0.717) is 36.8 Å². The highest BCUT2D eigenvalue weighted by Crippen LogP contribution is 2.25. The lowest BCUT2D eigenvalue weighted by Gasteiger charge is -2.25. The average Bonchev–Trinajstić information content (AvgIpc) is 3.09. The summed E-state index contributed by atoms with van der Waals surface area (Å²) in [5, 5.41) is 5.20. The second-order valence-corrected chi connectivity index (χ2v) is 8.91. The summed E-state index contributed by atoms with van der Waals surface area (Å²) in [5.74, 6) is 0.286. The molecule has 2 heterocycles. The van der Waals surface area contributed by atoms with Gasteiger partial charge >= 0.3 is 0 Å². The lowest BCUT2D eigenvalue weighted by atomic mass is 10.0. The molecule has 0 saturated carbocycles. The maximum Gasteiger partial charge on any atom is 0.257 e. The molecule has 3 rings (SSSR count). The van der Waals surface area contributed by atoms with Gasteiger partial charge in [-0.1, -0.05) is 25.4 Å². The number of carbonyl (C=O) groups is 2. The molecular formula is C24H34ClN5O2. The van der Waals surface area contributed by atoms with Gasteiger partial charge < -0.3 is 9.80 Å². The second kappa shape index (κ2) is 11.0. The number of rotatable bonds is 7. The summed E-state index contributed by atoms with van der Waals surface area (Å²) in [5.41, 5.74) is 2.42. The van der Waals surface area contributed by atoms with Crippen LogP contribution < -0.4 is 0 Å². The van der Waals surface area contributed by atoms with Crippen molar-refractivity contribution in [2.45, 2.75) is 40.0 Å². The highest BCUT2D eigenvalue weighted by Gasteiger charge is 2.27. The fourth-order valence-electron chi connectivity index (χ4n) is 4.24. The van der Waals surface area contributed by atoms with Crippen molar-refractivity contribution in [3.63, 3.8) is 0 Å². The molecule has 32 heavy (non-hydrogen) atoms. The van der Waals surface area contributed by atoms with Crippen LogP contribution in [-0.2, 0) is 4.79 Å². The van der Waals surface area contributed by atoms with Gasteiger partial charge in [-0.25, -0.2) is 4.68 Å². The van der Waals surface area contributed by atoms with Crippen LogP contribution in [0.1, 0.15) is 56.1 Å². The Morgan fingerprint density at radius 1 is 1.06 bits per heavy atom. The van der Waals surface area contributed by atoms with Crippen LogP contribution in [0.5, 0.6) is 0 Å². The van der Waals surface area contributed by atoms with Crippen LogP contribution >= 0.6 is 11.6 Å². The third kappa shape index (κ3) is 5.51. The predicted octanol–water partition coefficient (Wildman–Crippen LogP) is 3.67. The zero-order valence-electron chi connectivity index (χ0n) is 19.6. The van der Waals surface area contributed by atoms with Crippen molar-refractivity contribution in [3.8, 4) is 5.69 Å². The van der Waals surface area contributed by atoms with E-state index in [1.807, 2.05) is 52.6 Å². The summed E-state index contributed by atoms with van der Waals surface area (Å²) in [7, 11) is 0. The van der Waals surface area contributed by atoms with Gasteiger partial charge in [-0.05, 0) is 50.5 Å². The van der Waals surface area contributed by atoms with Crippen LogP contribution in [0.15, 0.2) is 30.5 Å². The van der Waals surface area contributed by atoms with Gasteiger partial charge in [0, 0.05) is 44.3 Å². The molecule has 0 spiro atoms. The predicted molar refractivity (Wildman–Crippen MR) is 128 cm³/mol. The first kappa shape index (κ1) is 24.3. The molecule has 1 aromatic heterocycles. The molecule has 2 amide bonds. The maximum absolute atomic E-state index is 13.5. The minimum atomic E-state index is 0.00540. The minimum Gasteiger partial charge on any atom is -0.342 e. The molecular weight excluding hydrogens is 426 g/mol. The molecule has 0 aliphatic carbocycles. The van der Waals surface area contributed by atoms with Gasteiger partial charge in [0.25, 0.3) is 5.91 Å². The molecule has 1 aliphatic heterocycles. The monoisotopic (exact) mass is 459 g/mol. The fourth-order valence-corrected chi connectivity index (χ4v) is 4.36. The third-order valence-corrected chi connectivity index (χ3v) is 6.26. The van der Waals surface area contributed by atoms with Crippen molar-refractivity contribution in [1.82, 2.24) is 24.5 Å². The van der Waals surface area contributed by atoms with E-state index in [9.17, 15) is 9.59 Å². The van der Waals surface area contributed by atoms with Gasteiger partial charge in [-0.2, -0.15) is 5.10 Å². The van der Waals surface area contributed by atoms with Crippen molar-refractivity contribution >= 4 is 23.4 Å². The van der Waals surface area contributed by atoms with Crippen LogP contribution in [0.3, 0.4) is 0 Å². The van der Waals surface area contributed by atoms with E-state index in [-0.39, 0.29) is 17.7 Å². The lowest BCUT2D eigenvalue weighted by molar-refractivity contribution is -0.132. The quantitative estimate of drug-likeness (QED) is 0.633. The SMILES string of the molecule is CCN(CC)C(=O)CN1CCCN(C(=O)c2cnn(-c3ccc(Cl)cc3)c2C(C)C)CC1. The topological polar surface area (TPSA) is 61.7 Å². The molecule has 174 valence electrons. The Hall–Kier alpha value is -2.38. The molecule has 0 radical (unpaired) electrons. The van der Waals surface area contributed by atoms with E-state index in [4.69, 9.17) is 11.6 Å². The number of carbonyl (C=O) groups excluding carboxylic acids is 2. The number of likely N-dealkylation sites (N-methyl/N-ethyl adjacent to an activating group) is 1. The van der Waals surface area contributed by atoms with E-state index in [1.165, 1.54) is 0 Å². The number of benzene rings is 1. The Balaban J connectivity index is 1.74. The van der Waals surface area contributed by atoms with Crippen LogP contribution in [-0.4, -0.2) is 82.1 Å². The summed E-state index contributed by atoms with van der Waals surface area (Å²) in [6.07, 6.45) is 2.53. The number of aromatic nitrogens is 2. The number of hydrogen-bond donors (Lipinski definition) is 0. The van der Waals surface area contributed by atoms with Crippen molar-refractivity contribution < 1.29 is 9.59 Å². The number of amides is 2. The molecule has 0 unspecified atom stereocenters. The molecule has 1 saturated heterocycles. The van der Waals surface area contributed by atoms with Crippen LogP contribution in [0.25, 0.3) is 5.69 Å². The normalized spacial score (nSPS) is 15.1. The standard InChI is InChI=1S/C24H34ClN5O2/c1-5-28(6-2)22(31)17-27-12-7-13-29(15-14-27)24(32)21-16-26-30(23(21)18(3)4)20-10-8-19(25)9-11-20/h8-11,16,18H,5-7,12-15,17H2,1-4H3. The largest absolute Gasteiger partial charge is 0.342 e. The smallest absolute Gasteiger partial charge is 0.257 e. The van der Waals surface area contributed by atoms with Crippen molar-refractivity contribution in [1.29, 1.82) is 0 Å². The first-order chi connectivity index (χ1) is 15.3. The Morgan fingerprint density at radius 3 is 2.38 bits per heavy atom. The van der Waals surface area contributed by atoms with Gasteiger partial charge in [0.2, 0.25) is 5.91 Å². The van der Waals surface area contributed by atoms with Crippen molar-refractivity contribution in [2.75, 3.05) is 45.8 Å². The maximum atomic E-state index is 13.5. The molecule has 7 nitrogen and oxygen atoms in total. The Kier molecular flexibility index (Phi) is 8.32. The number of hydrogen-bond acceptors (Lipinski definition) is 4. The molecule has 0 N–H and O–H groups in total. The molecule has 1 fully saturated rings. The molecule has 1 aliphatic rings. The molecule has 0 bridgehead atoms. The highest BCUT2D eigenvalue weighted by atomic mass is 35.5. The van der Waals surface area contributed by atoms with Gasteiger partial charge in [-0.3, -0.25) is 14.5 Å². The zero-order valence-corrected chi connectivity index (χ0v) is 20.3. The van der Waals surface area contributed by atoms with Gasteiger partial charge in [0.05, 0.1) is 29.7 Å². The molecule has 0 atom stereocenters. The zero-order chi connectivity index (χ0) is 23.3. The average molecular weight is 460 g/mol. The summed E-state index contributed by atoms with van der Waals surface area (Å²) >= 11 is 6.03. The van der Waals surface area contributed by atoms with E-state index in [0.717, 1.165) is 37.4 Å². The first-order valence-corrected chi connectivity index (χ1v) is 11.9. The third-order valence-electron chi connectivity index (χ3n) is 6.01. The Bertz CT molecular complexity index is 921. The van der Waals surface area contributed by atoms with Crippen molar-refractivity contribution in [2.24, 2.45) is 0 Å². The van der Waals surface area contributed by atoms with E-state index >= 15 is 0 Å². The summed E-state index contributed by atoms with van der Waals surface area (Å²) in [6.45, 7) is 12.8. The van der Waals surface area contributed by atoms with Gasteiger partial charge in [0.1, 0.15) is 0 Å². The molecule has 8 heteroatoms. The van der Waals surface area contributed by atoms with Gasteiger partial charge in [0.15, 0.2) is 0 Å². The number of halogens is 1. The molecule has 1 aromatic carbocycles. The minimum absolute atomic E-state index is 0.00540. The second-order valence-electron chi connectivity index (χ2n) is 8.47. The fraction of sp³-hybridized carbons (Fsp3) is 0.542. The number of nitrogens with zero attached hydrogens (tertiary/aromatic N) is 5. The van der Waals surface area contributed by atoms with Crippen LogP contribution in [0.2, 0.25) is 5.02 Å². The Morgan fingerprint density at radius 2 is 1.75 bits per heavy atom. The van der Waals surface area contributed by atoms with Crippen molar-refractivity contribution in [3.05, 3.63) is 46.7 Å². The van der Waals surface area contributed by atoms with Crippen LogP contribution in [0.4, 0.5) is 0 Å².